The van der Waals surface area contributed by atoms with E-state index in [9.17, 15) is 9.59 Å². The van der Waals surface area contributed by atoms with Gasteiger partial charge >= 0.3 is 5.97 Å². The summed E-state index contributed by atoms with van der Waals surface area (Å²) in [5.41, 5.74) is 3.61. The van der Waals surface area contributed by atoms with Crippen molar-refractivity contribution in [1.29, 1.82) is 0 Å². The molecule has 2 heterocycles. The summed E-state index contributed by atoms with van der Waals surface area (Å²) in [6, 6.07) is 13.7. The van der Waals surface area contributed by atoms with Crippen molar-refractivity contribution in [2.75, 3.05) is 0 Å². The number of halogens is 1. The number of aromatic nitrogens is 1. The zero-order chi connectivity index (χ0) is 19.8. The van der Waals surface area contributed by atoms with E-state index in [2.05, 4.69) is 4.98 Å². The average Bonchev–Trinajstić information content (AvgIpc) is 2.69. The number of aryl methyl sites for hydroxylation is 2. The van der Waals surface area contributed by atoms with Gasteiger partial charge in [0.15, 0.2) is 5.43 Å². The molecule has 0 radical (unpaired) electrons. The third-order valence-electron chi connectivity index (χ3n) is 4.73. The van der Waals surface area contributed by atoms with Crippen LogP contribution in [-0.4, -0.2) is 11.0 Å². The first-order valence-electron chi connectivity index (χ1n) is 8.69. The maximum absolute atomic E-state index is 12.4. The number of ether oxygens (including phenoxy) is 1. The number of hydrogen-bond acceptors (Lipinski definition) is 5. The molecule has 0 fully saturated rings. The molecule has 0 saturated heterocycles. The fourth-order valence-electron chi connectivity index (χ4n) is 3.02. The first kappa shape index (κ1) is 18.2. The second kappa shape index (κ2) is 7.09. The van der Waals surface area contributed by atoms with Crippen molar-refractivity contribution in [3.8, 4) is 0 Å². The van der Waals surface area contributed by atoms with Crippen LogP contribution in [0.2, 0.25) is 5.15 Å². The smallest absolute Gasteiger partial charge is 0.374 e. The Morgan fingerprint density at radius 3 is 2.75 bits per heavy atom. The summed E-state index contributed by atoms with van der Waals surface area (Å²) in [4.78, 5) is 29.0. The molecule has 0 atom stereocenters. The number of carbonyl (C=O) groups is 1. The maximum Gasteiger partial charge on any atom is 0.374 e. The fourth-order valence-corrected chi connectivity index (χ4v) is 3.22. The molecule has 28 heavy (non-hydrogen) atoms. The number of esters is 1. The predicted molar refractivity (Wildman–Crippen MR) is 108 cm³/mol. The van der Waals surface area contributed by atoms with Crippen molar-refractivity contribution in [2.24, 2.45) is 0 Å². The van der Waals surface area contributed by atoms with Crippen LogP contribution in [0.25, 0.3) is 21.9 Å². The number of benzene rings is 2. The van der Waals surface area contributed by atoms with Crippen LogP contribution in [0, 0.1) is 13.8 Å². The average molecular weight is 394 g/mol. The van der Waals surface area contributed by atoms with Gasteiger partial charge in [0.1, 0.15) is 17.3 Å². The molecule has 2 aromatic heterocycles. The Hall–Kier alpha value is -3.18. The molecule has 0 aliphatic rings. The minimum atomic E-state index is -0.737. The van der Waals surface area contributed by atoms with Crippen molar-refractivity contribution in [2.45, 2.75) is 20.5 Å². The van der Waals surface area contributed by atoms with Gasteiger partial charge in [-0.3, -0.25) is 4.79 Å². The normalized spacial score (nSPS) is 11.1. The number of nitrogens with zero attached hydrogens (tertiary/aromatic N) is 1. The Morgan fingerprint density at radius 1 is 1.14 bits per heavy atom. The molecule has 0 saturated carbocycles. The monoisotopic (exact) mass is 393 g/mol. The van der Waals surface area contributed by atoms with Crippen molar-refractivity contribution >= 4 is 39.4 Å². The molecule has 0 aliphatic carbocycles. The van der Waals surface area contributed by atoms with Crippen molar-refractivity contribution in [1.82, 2.24) is 4.98 Å². The fraction of sp³-hybridized carbons (Fsp3) is 0.136. The lowest BCUT2D eigenvalue weighted by molar-refractivity contribution is 0.0436. The lowest BCUT2D eigenvalue weighted by atomic mass is 10.0. The summed E-state index contributed by atoms with van der Waals surface area (Å²) in [5.74, 6) is -0.890. The Bertz CT molecular complexity index is 1290. The van der Waals surface area contributed by atoms with E-state index in [0.29, 0.717) is 16.5 Å². The van der Waals surface area contributed by atoms with E-state index in [1.165, 1.54) is 0 Å². The number of pyridine rings is 1. The van der Waals surface area contributed by atoms with Crippen LogP contribution in [0.4, 0.5) is 0 Å². The van der Waals surface area contributed by atoms with E-state index in [0.717, 1.165) is 28.1 Å². The van der Waals surface area contributed by atoms with Gasteiger partial charge in [-0.15, -0.1) is 0 Å². The zero-order valence-electron chi connectivity index (χ0n) is 15.3. The third kappa shape index (κ3) is 3.25. The number of carbonyl (C=O) groups excluding carboxylic acids is 1. The summed E-state index contributed by atoms with van der Waals surface area (Å²) in [7, 11) is 0. The van der Waals surface area contributed by atoms with Gasteiger partial charge in [0.05, 0.1) is 10.9 Å². The molecule has 0 N–H and O–H groups in total. The van der Waals surface area contributed by atoms with E-state index in [1.54, 1.807) is 24.3 Å². The standard InChI is InChI=1S/C22H16ClNO4/c1-12-7-8-14-9-15(21(23)24-20(14)13(12)2)11-27-22(26)19-10-17(25)16-5-3-4-6-18(16)28-19/h3-10H,11H2,1-2H3. The Morgan fingerprint density at radius 2 is 1.93 bits per heavy atom. The van der Waals surface area contributed by atoms with Gasteiger partial charge in [-0.1, -0.05) is 35.9 Å². The van der Waals surface area contributed by atoms with Crippen molar-refractivity contribution < 1.29 is 13.9 Å². The minimum Gasteiger partial charge on any atom is -0.455 e. The second-order valence-corrected chi connectivity index (χ2v) is 6.92. The Balaban J connectivity index is 1.61. The van der Waals surface area contributed by atoms with Crippen LogP contribution in [0.3, 0.4) is 0 Å². The molecule has 4 aromatic rings. The highest BCUT2D eigenvalue weighted by molar-refractivity contribution is 6.30. The highest BCUT2D eigenvalue weighted by Crippen LogP contribution is 2.25. The Kier molecular flexibility index (Phi) is 4.61. The number of fused-ring (bicyclic) bond motifs is 2. The second-order valence-electron chi connectivity index (χ2n) is 6.56. The molecule has 0 unspecified atom stereocenters. The summed E-state index contributed by atoms with van der Waals surface area (Å²) in [6.07, 6.45) is 0. The van der Waals surface area contributed by atoms with Crippen LogP contribution in [-0.2, 0) is 11.3 Å². The maximum atomic E-state index is 12.4. The van der Waals surface area contributed by atoms with Gasteiger partial charge in [-0.05, 0) is 43.2 Å². The lowest BCUT2D eigenvalue weighted by Gasteiger charge is -2.10. The SMILES string of the molecule is Cc1ccc2cc(COC(=O)c3cc(=O)c4ccccc4o3)c(Cl)nc2c1C. The molecule has 2 aromatic carbocycles. The van der Waals surface area contributed by atoms with Crippen LogP contribution in [0.1, 0.15) is 27.2 Å². The summed E-state index contributed by atoms with van der Waals surface area (Å²) in [5, 5.41) is 1.59. The highest BCUT2D eigenvalue weighted by atomic mass is 35.5. The van der Waals surface area contributed by atoms with E-state index in [4.69, 9.17) is 20.8 Å². The van der Waals surface area contributed by atoms with Gasteiger partial charge in [-0.2, -0.15) is 0 Å². The van der Waals surface area contributed by atoms with Crippen molar-refractivity contribution in [3.63, 3.8) is 0 Å². The molecule has 0 aliphatic heterocycles. The zero-order valence-corrected chi connectivity index (χ0v) is 16.0. The topological polar surface area (TPSA) is 69.4 Å². The van der Waals surface area contributed by atoms with Gasteiger partial charge in [0.2, 0.25) is 5.76 Å². The van der Waals surface area contributed by atoms with E-state index in [-0.39, 0.29) is 22.9 Å². The molecule has 0 amide bonds. The molecular formula is C22H16ClNO4. The van der Waals surface area contributed by atoms with Crippen LogP contribution in [0.15, 0.2) is 57.7 Å². The van der Waals surface area contributed by atoms with Crippen LogP contribution < -0.4 is 5.43 Å². The first-order valence-corrected chi connectivity index (χ1v) is 9.07. The predicted octanol–water partition coefficient (Wildman–Crippen LogP) is 4.97. The van der Waals surface area contributed by atoms with Crippen LogP contribution in [0.5, 0.6) is 0 Å². The van der Waals surface area contributed by atoms with Gasteiger partial charge < -0.3 is 9.15 Å². The van der Waals surface area contributed by atoms with Gasteiger partial charge in [-0.25, -0.2) is 9.78 Å². The number of para-hydroxylation sites is 1. The number of hydrogen-bond donors (Lipinski definition) is 0. The van der Waals surface area contributed by atoms with E-state index in [1.807, 2.05) is 32.0 Å². The third-order valence-corrected chi connectivity index (χ3v) is 5.06. The summed E-state index contributed by atoms with van der Waals surface area (Å²) >= 11 is 6.28. The van der Waals surface area contributed by atoms with E-state index >= 15 is 0 Å². The number of rotatable bonds is 3. The minimum absolute atomic E-state index is 0.0793. The first-order chi connectivity index (χ1) is 13.4. The van der Waals surface area contributed by atoms with Crippen LogP contribution >= 0.6 is 11.6 Å². The lowest BCUT2D eigenvalue weighted by Crippen LogP contribution is -2.10. The highest BCUT2D eigenvalue weighted by Gasteiger charge is 2.15. The molecule has 140 valence electrons. The molecule has 4 rings (SSSR count). The molecule has 0 spiro atoms. The van der Waals surface area contributed by atoms with Gasteiger partial charge in [0, 0.05) is 17.0 Å². The Labute approximate surface area is 165 Å². The van der Waals surface area contributed by atoms with Crippen molar-refractivity contribution in [3.05, 3.63) is 86.4 Å². The largest absolute Gasteiger partial charge is 0.455 e. The summed E-state index contributed by atoms with van der Waals surface area (Å²) in [6.45, 7) is 3.92. The summed E-state index contributed by atoms with van der Waals surface area (Å²) < 4.78 is 10.8. The molecule has 5 nitrogen and oxygen atoms in total. The molecule has 0 bridgehead atoms. The molecular weight excluding hydrogens is 378 g/mol. The molecule has 6 heteroatoms. The van der Waals surface area contributed by atoms with E-state index < -0.39 is 5.97 Å². The quantitative estimate of drug-likeness (QED) is 0.363. The van der Waals surface area contributed by atoms with Gasteiger partial charge in [0.25, 0.3) is 0 Å².